The summed E-state index contributed by atoms with van der Waals surface area (Å²) in [5, 5.41) is 2.39. The normalized spacial score (nSPS) is 11.1. The Morgan fingerprint density at radius 3 is 2.54 bits per heavy atom. The summed E-state index contributed by atoms with van der Waals surface area (Å²) in [5.41, 5.74) is 8.32. The van der Waals surface area contributed by atoms with Gasteiger partial charge in [-0.05, 0) is 44.0 Å². The van der Waals surface area contributed by atoms with Crippen LogP contribution in [-0.4, -0.2) is 9.97 Å². The number of fused-ring (bicyclic) bond motifs is 1. The molecule has 0 radical (unpaired) electrons. The molecule has 0 aliphatic rings. The first kappa shape index (κ1) is 16.4. The van der Waals surface area contributed by atoms with Crippen LogP contribution in [0.15, 0.2) is 61.2 Å². The molecule has 26 heavy (non-hydrogen) atoms. The second-order valence-electron chi connectivity index (χ2n) is 6.90. The van der Waals surface area contributed by atoms with Crippen LogP contribution in [0.3, 0.4) is 0 Å². The fraction of sp³-hybridized carbons (Fsp3) is 0.174. The molecule has 0 N–H and O–H groups in total. The predicted octanol–water partition coefficient (Wildman–Crippen LogP) is 4.71. The third-order valence-corrected chi connectivity index (χ3v) is 5.04. The van der Waals surface area contributed by atoms with Crippen molar-refractivity contribution in [3.63, 3.8) is 0 Å². The number of aromatic nitrogens is 3. The number of pyridine rings is 1. The van der Waals surface area contributed by atoms with Crippen LogP contribution in [0.25, 0.3) is 33.3 Å². The van der Waals surface area contributed by atoms with E-state index in [0.717, 1.165) is 11.3 Å². The molecule has 0 unspecified atom stereocenters. The van der Waals surface area contributed by atoms with Gasteiger partial charge in [-0.3, -0.25) is 9.97 Å². The van der Waals surface area contributed by atoms with E-state index < -0.39 is 0 Å². The van der Waals surface area contributed by atoms with Crippen LogP contribution in [0, 0.1) is 20.8 Å². The smallest absolute Gasteiger partial charge is 0.222 e. The van der Waals surface area contributed by atoms with Crippen molar-refractivity contribution >= 4 is 10.8 Å². The Hall–Kier alpha value is -3.07. The molecule has 0 fully saturated rings. The quantitative estimate of drug-likeness (QED) is 0.495. The Balaban J connectivity index is 2.19. The highest BCUT2D eigenvalue weighted by molar-refractivity contribution is 6.00. The molecule has 0 aliphatic heterocycles. The van der Waals surface area contributed by atoms with E-state index in [-0.39, 0.29) is 0 Å². The van der Waals surface area contributed by atoms with E-state index in [1.807, 2.05) is 6.20 Å². The van der Waals surface area contributed by atoms with Crippen molar-refractivity contribution in [2.75, 3.05) is 0 Å². The van der Waals surface area contributed by atoms with Gasteiger partial charge in [0.15, 0.2) is 6.20 Å². The molecule has 0 saturated heterocycles. The molecule has 2 aromatic carbocycles. The molecule has 2 heterocycles. The molecule has 2 aromatic heterocycles. The zero-order chi connectivity index (χ0) is 18.3. The Kier molecular flexibility index (Phi) is 4.00. The summed E-state index contributed by atoms with van der Waals surface area (Å²) in [4.78, 5) is 8.94. The predicted molar refractivity (Wildman–Crippen MR) is 106 cm³/mol. The molecule has 128 valence electrons. The van der Waals surface area contributed by atoms with Crippen molar-refractivity contribution in [2.24, 2.45) is 7.05 Å². The number of hydrogen-bond donors (Lipinski definition) is 0. The summed E-state index contributed by atoms with van der Waals surface area (Å²) in [6, 6.07) is 13.0. The van der Waals surface area contributed by atoms with Gasteiger partial charge in [0.1, 0.15) is 7.05 Å². The molecule has 3 heteroatoms. The number of nitrogens with zero attached hydrogens (tertiary/aromatic N) is 3. The van der Waals surface area contributed by atoms with Gasteiger partial charge in [0.05, 0.1) is 23.0 Å². The average molecular weight is 340 g/mol. The highest BCUT2D eigenvalue weighted by Gasteiger charge is 2.24. The van der Waals surface area contributed by atoms with Crippen molar-refractivity contribution in [3.05, 3.63) is 77.9 Å². The highest BCUT2D eigenvalue weighted by Crippen LogP contribution is 2.36. The molecule has 0 atom stereocenters. The van der Waals surface area contributed by atoms with Gasteiger partial charge in [-0.15, -0.1) is 0 Å². The molecule has 3 nitrogen and oxygen atoms in total. The van der Waals surface area contributed by atoms with Crippen LogP contribution in [0.4, 0.5) is 0 Å². The minimum absolute atomic E-state index is 0.897. The SMILES string of the molecule is Cc1cc(C)c(C)c(-c2c(-c3cnccn3)c3ccccc3c[n+]2C)c1. The Labute approximate surface area is 154 Å². The minimum atomic E-state index is 0.897. The average Bonchev–Trinajstić information content (AvgIpc) is 2.64. The van der Waals surface area contributed by atoms with Crippen LogP contribution < -0.4 is 4.57 Å². The molecule has 0 bridgehead atoms. The van der Waals surface area contributed by atoms with Gasteiger partial charge < -0.3 is 0 Å². The first-order valence-corrected chi connectivity index (χ1v) is 8.82. The van der Waals surface area contributed by atoms with E-state index in [9.17, 15) is 0 Å². The van der Waals surface area contributed by atoms with Crippen molar-refractivity contribution in [1.82, 2.24) is 9.97 Å². The van der Waals surface area contributed by atoms with E-state index in [4.69, 9.17) is 0 Å². The van der Waals surface area contributed by atoms with Crippen LogP contribution in [0.5, 0.6) is 0 Å². The Morgan fingerprint density at radius 1 is 0.962 bits per heavy atom. The van der Waals surface area contributed by atoms with E-state index in [1.165, 1.54) is 38.7 Å². The molecular formula is C23H22N3+. The first-order chi connectivity index (χ1) is 12.6. The number of aryl methyl sites for hydroxylation is 3. The second kappa shape index (κ2) is 6.34. The fourth-order valence-electron chi connectivity index (χ4n) is 3.71. The lowest BCUT2D eigenvalue weighted by Gasteiger charge is -2.14. The molecule has 4 aromatic rings. The van der Waals surface area contributed by atoms with Crippen LogP contribution in [-0.2, 0) is 7.05 Å². The Morgan fingerprint density at radius 2 is 1.77 bits per heavy atom. The number of benzene rings is 2. The molecule has 0 aliphatic carbocycles. The van der Waals surface area contributed by atoms with Crippen LogP contribution in [0.1, 0.15) is 16.7 Å². The van der Waals surface area contributed by atoms with Crippen LogP contribution >= 0.6 is 0 Å². The van der Waals surface area contributed by atoms with Crippen molar-refractivity contribution in [3.8, 4) is 22.5 Å². The maximum Gasteiger partial charge on any atom is 0.222 e. The standard InChI is InChI=1S/C23H22N3/c1-15-11-16(2)17(3)20(12-15)23-22(21-13-24-9-10-25-21)19-8-6-5-7-18(19)14-26(23)4/h5-14H,1-4H3/q+1. The third-order valence-electron chi connectivity index (χ3n) is 5.04. The lowest BCUT2D eigenvalue weighted by atomic mass is 9.92. The topological polar surface area (TPSA) is 29.7 Å². The molecular weight excluding hydrogens is 318 g/mol. The molecule has 0 amide bonds. The minimum Gasteiger partial charge on any atom is -0.261 e. The lowest BCUT2D eigenvalue weighted by Crippen LogP contribution is -2.32. The third kappa shape index (κ3) is 2.66. The molecule has 0 saturated carbocycles. The fourth-order valence-corrected chi connectivity index (χ4v) is 3.71. The van der Waals surface area contributed by atoms with Gasteiger partial charge in [-0.25, -0.2) is 0 Å². The largest absolute Gasteiger partial charge is 0.261 e. The van der Waals surface area contributed by atoms with Gasteiger partial charge in [0.25, 0.3) is 0 Å². The van der Waals surface area contributed by atoms with Gasteiger partial charge in [0, 0.05) is 23.2 Å². The summed E-state index contributed by atoms with van der Waals surface area (Å²) in [7, 11) is 2.11. The first-order valence-electron chi connectivity index (χ1n) is 8.82. The molecule has 4 rings (SSSR count). The summed E-state index contributed by atoms with van der Waals surface area (Å²) in [6.07, 6.45) is 7.52. The maximum atomic E-state index is 4.63. The summed E-state index contributed by atoms with van der Waals surface area (Å²) in [5.74, 6) is 0. The van der Waals surface area contributed by atoms with E-state index in [1.54, 1.807) is 12.4 Å². The number of rotatable bonds is 2. The summed E-state index contributed by atoms with van der Waals surface area (Å²) in [6.45, 7) is 6.52. The van der Waals surface area contributed by atoms with Gasteiger partial charge in [-0.1, -0.05) is 29.8 Å². The monoisotopic (exact) mass is 340 g/mol. The Bertz CT molecular complexity index is 1120. The maximum absolute atomic E-state index is 4.63. The van der Waals surface area contributed by atoms with Crippen LogP contribution in [0.2, 0.25) is 0 Å². The van der Waals surface area contributed by atoms with Gasteiger partial charge in [-0.2, -0.15) is 4.57 Å². The van der Waals surface area contributed by atoms with Crippen molar-refractivity contribution < 1.29 is 4.57 Å². The van der Waals surface area contributed by atoms with E-state index in [0.29, 0.717) is 0 Å². The summed E-state index contributed by atoms with van der Waals surface area (Å²) < 4.78 is 2.22. The van der Waals surface area contributed by atoms with Crippen molar-refractivity contribution in [1.29, 1.82) is 0 Å². The van der Waals surface area contributed by atoms with Gasteiger partial charge >= 0.3 is 0 Å². The van der Waals surface area contributed by atoms with Gasteiger partial charge in [0.2, 0.25) is 5.69 Å². The van der Waals surface area contributed by atoms with Crippen molar-refractivity contribution in [2.45, 2.75) is 20.8 Å². The molecule has 0 spiro atoms. The zero-order valence-electron chi connectivity index (χ0n) is 15.6. The van der Waals surface area contributed by atoms with E-state index >= 15 is 0 Å². The summed E-state index contributed by atoms with van der Waals surface area (Å²) >= 11 is 0. The van der Waals surface area contributed by atoms with E-state index in [2.05, 4.69) is 84.9 Å². The lowest BCUT2D eigenvalue weighted by molar-refractivity contribution is -0.658. The number of hydrogen-bond acceptors (Lipinski definition) is 2. The highest BCUT2D eigenvalue weighted by atomic mass is 14.9. The zero-order valence-corrected chi connectivity index (χ0v) is 15.6. The second-order valence-corrected chi connectivity index (χ2v) is 6.90.